The van der Waals surface area contributed by atoms with Crippen LogP contribution in [-0.2, 0) is 4.32 Å². The molecule has 2 nitrogen and oxygen atoms in total. The van der Waals surface area contributed by atoms with Gasteiger partial charge in [0, 0.05) is 12.4 Å². The summed E-state index contributed by atoms with van der Waals surface area (Å²) in [5.41, 5.74) is 2.22. The number of rotatable bonds is 3. The van der Waals surface area contributed by atoms with E-state index in [1.165, 1.54) is 0 Å². The fraction of sp³-hybridized carbons (Fsp3) is 0.0588. The summed E-state index contributed by atoms with van der Waals surface area (Å²) in [7, 11) is 0. The van der Waals surface area contributed by atoms with Crippen LogP contribution in [0.3, 0.4) is 0 Å². The van der Waals surface area contributed by atoms with Gasteiger partial charge in [-0.25, -0.2) is 9.97 Å². The summed E-state index contributed by atoms with van der Waals surface area (Å²) in [6, 6.07) is 22.3. The first-order chi connectivity index (χ1) is 9.82. The average Bonchev–Trinajstić information content (AvgIpc) is 2.56. The SMILES string of the molecule is BrC(c1ccccc1)(c1ccccc1)c1ncccn1. The number of hydrogen-bond acceptors (Lipinski definition) is 2. The predicted octanol–water partition coefficient (Wildman–Crippen LogP) is 4.16. The van der Waals surface area contributed by atoms with Crippen molar-refractivity contribution in [1.29, 1.82) is 0 Å². The average molecular weight is 325 g/mol. The van der Waals surface area contributed by atoms with Crippen molar-refractivity contribution in [2.75, 3.05) is 0 Å². The van der Waals surface area contributed by atoms with Crippen molar-refractivity contribution < 1.29 is 0 Å². The smallest absolute Gasteiger partial charge is 0.153 e. The minimum absolute atomic E-state index is 0.531. The van der Waals surface area contributed by atoms with Crippen molar-refractivity contribution in [2.45, 2.75) is 4.32 Å². The van der Waals surface area contributed by atoms with E-state index in [0.717, 1.165) is 17.0 Å². The Morgan fingerprint density at radius 2 is 1.10 bits per heavy atom. The monoisotopic (exact) mass is 324 g/mol. The van der Waals surface area contributed by atoms with E-state index in [4.69, 9.17) is 0 Å². The molecule has 0 aliphatic rings. The van der Waals surface area contributed by atoms with Gasteiger partial charge in [-0.2, -0.15) is 0 Å². The maximum atomic E-state index is 4.45. The molecule has 3 heteroatoms. The molecular weight excluding hydrogens is 312 g/mol. The van der Waals surface area contributed by atoms with Crippen LogP contribution in [0.5, 0.6) is 0 Å². The van der Waals surface area contributed by atoms with Crippen molar-refractivity contribution in [3.05, 3.63) is 96.1 Å². The fourth-order valence-corrected chi connectivity index (χ4v) is 2.97. The van der Waals surface area contributed by atoms with E-state index in [9.17, 15) is 0 Å². The largest absolute Gasteiger partial charge is 0.239 e. The van der Waals surface area contributed by atoms with Crippen LogP contribution < -0.4 is 0 Å². The molecule has 3 rings (SSSR count). The molecule has 1 aromatic heterocycles. The standard InChI is InChI=1S/C17H13BrN2/c18-17(14-8-3-1-4-9-14,15-10-5-2-6-11-15)16-19-12-7-13-20-16/h1-13H. The number of aromatic nitrogens is 2. The lowest BCUT2D eigenvalue weighted by Gasteiger charge is -2.27. The zero-order valence-electron chi connectivity index (χ0n) is 10.8. The molecule has 0 aliphatic heterocycles. The fourth-order valence-electron chi connectivity index (χ4n) is 2.24. The van der Waals surface area contributed by atoms with E-state index in [-0.39, 0.29) is 0 Å². The van der Waals surface area contributed by atoms with Gasteiger partial charge in [0.1, 0.15) is 4.32 Å². The van der Waals surface area contributed by atoms with Gasteiger partial charge in [0.2, 0.25) is 0 Å². The van der Waals surface area contributed by atoms with Crippen molar-refractivity contribution in [2.24, 2.45) is 0 Å². The van der Waals surface area contributed by atoms with Gasteiger partial charge >= 0.3 is 0 Å². The number of halogens is 1. The molecule has 0 radical (unpaired) electrons. The Balaban J connectivity index is 2.24. The summed E-state index contributed by atoms with van der Waals surface area (Å²) in [5.74, 6) is 0.734. The second-order valence-corrected chi connectivity index (χ2v) is 5.65. The van der Waals surface area contributed by atoms with Crippen LogP contribution in [0.4, 0.5) is 0 Å². The quantitative estimate of drug-likeness (QED) is 0.676. The molecular formula is C17H13BrN2. The molecule has 20 heavy (non-hydrogen) atoms. The van der Waals surface area contributed by atoms with E-state index >= 15 is 0 Å². The topological polar surface area (TPSA) is 25.8 Å². The molecule has 0 unspecified atom stereocenters. The molecule has 3 aromatic rings. The lowest BCUT2D eigenvalue weighted by Crippen LogP contribution is -2.24. The van der Waals surface area contributed by atoms with E-state index in [1.807, 2.05) is 42.5 Å². The van der Waals surface area contributed by atoms with Crippen LogP contribution >= 0.6 is 15.9 Å². The summed E-state index contributed by atoms with van der Waals surface area (Å²) in [6.45, 7) is 0. The van der Waals surface area contributed by atoms with Crippen molar-refractivity contribution in [1.82, 2.24) is 9.97 Å². The number of hydrogen-bond donors (Lipinski definition) is 0. The Labute approximate surface area is 126 Å². The van der Waals surface area contributed by atoms with Crippen LogP contribution in [0, 0.1) is 0 Å². The molecule has 0 amide bonds. The van der Waals surface area contributed by atoms with E-state index in [0.29, 0.717) is 0 Å². The second-order valence-electron chi connectivity index (χ2n) is 4.46. The van der Waals surface area contributed by atoms with Gasteiger partial charge in [0.15, 0.2) is 5.82 Å². The Morgan fingerprint density at radius 3 is 1.55 bits per heavy atom. The summed E-state index contributed by atoms with van der Waals surface area (Å²) in [6.07, 6.45) is 3.54. The zero-order valence-corrected chi connectivity index (χ0v) is 12.4. The second kappa shape index (κ2) is 5.55. The Hall–Kier alpha value is -2.00. The lowest BCUT2D eigenvalue weighted by molar-refractivity contribution is 0.810. The molecule has 0 saturated heterocycles. The first-order valence-electron chi connectivity index (χ1n) is 6.39. The molecule has 2 aromatic carbocycles. The van der Waals surface area contributed by atoms with Crippen molar-refractivity contribution in [3.63, 3.8) is 0 Å². The van der Waals surface area contributed by atoms with Gasteiger partial charge in [0.25, 0.3) is 0 Å². The van der Waals surface area contributed by atoms with Crippen LogP contribution in [-0.4, -0.2) is 9.97 Å². The van der Waals surface area contributed by atoms with Gasteiger partial charge in [-0.05, 0) is 17.2 Å². The molecule has 1 heterocycles. The minimum Gasteiger partial charge on any atom is -0.239 e. The minimum atomic E-state index is -0.531. The van der Waals surface area contributed by atoms with Crippen LogP contribution in [0.2, 0.25) is 0 Å². The van der Waals surface area contributed by atoms with Crippen LogP contribution in [0.1, 0.15) is 17.0 Å². The van der Waals surface area contributed by atoms with E-state index in [1.54, 1.807) is 12.4 Å². The number of nitrogens with zero attached hydrogens (tertiary/aromatic N) is 2. The van der Waals surface area contributed by atoms with Gasteiger partial charge in [-0.1, -0.05) is 76.6 Å². The van der Waals surface area contributed by atoms with Crippen molar-refractivity contribution in [3.8, 4) is 0 Å². The third-order valence-electron chi connectivity index (χ3n) is 3.22. The van der Waals surface area contributed by atoms with Crippen LogP contribution in [0.15, 0.2) is 79.1 Å². The normalized spacial score (nSPS) is 11.2. The van der Waals surface area contributed by atoms with E-state index in [2.05, 4.69) is 50.2 Å². The van der Waals surface area contributed by atoms with Crippen LogP contribution in [0.25, 0.3) is 0 Å². The highest BCUT2D eigenvalue weighted by Gasteiger charge is 2.35. The molecule has 0 bridgehead atoms. The highest BCUT2D eigenvalue weighted by atomic mass is 79.9. The van der Waals surface area contributed by atoms with Gasteiger partial charge in [-0.15, -0.1) is 0 Å². The molecule has 0 spiro atoms. The first kappa shape index (κ1) is 13.0. The zero-order chi connectivity index (χ0) is 13.8. The molecule has 0 N–H and O–H groups in total. The molecule has 0 aliphatic carbocycles. The predicted molar refractivity (Wildman–Crippen MR) is 83.7 cm³/mol. The Morgan fingerprint density at radius 1 is 0.650 bits per heavy atom. The summed E-state index contributed by atoms with van der Waals surface area (Å²) in [5, 5.41) is 0. The number of benzene rings is 2. The Bertz CT molecular complexity index is 572. The molecule has 0 saturated carbocycles. The van der Waals surface area contributed by atoms with E-state index < -0.39 is 4.32 Å². The maximum Gasteiger partial charge on any atom is 0.153 e. The lowest BCUT2D eigenvalue weighted by atomic mass is 9.90. The highest BCUT2D eigenvalue weighted by molar-refractivity contribution is 9.10. The van der Waals surface area contributed by atoms with Crippen molar-refractivity contribution >= 4 is 15.9 Å². The maximum absolute atomic E-state index is 4.45. The van der Waals surface area contributed by atoms with Gasteiger partial charge in [-0.3, -0.25) is 0 Å². The molecule has 98 valence electrons. The number of alkyl halides is 1. The van der Waals surface area contributed by atoms with Gasteiger partial charge in [0.05, 0.1) is 0 Å². The first-order valence-corrected chi connectivity index (χ1v) is 7.18. The highest BCUT2D eigenvalue weighted by Crippen LogP contribution is 2.42. The third-order valence-corrected chi connectivity index (χ3v) is 4.49. The van der Waals surface area contributed by atoms with Gasteiger partial charge < -0.3 is 0 Å². The Kier molecular flexibility index (Phi) is 3.61. The third kappa shape index (κ3) is 2.25. The summed E-state index contributed by atoms with van der Waals surface area (Å²) >= 11 is 3.88. The summed E-state index contributed by atoms with van der Waals surface area (Å²) in [4.78, 5) is 8.89. The summed E-state index contributed by atoms with van der Waals surface area (Å²) < 4.78 is -0.531. The molecule has 0 fully saturated rings. The molecule has 0 atom stereocenters.